The molecule has 30 heavy (non-hydrogen) atoms. The van der Waals surface area contributed by atoms with Crippen molar-refractivity contribution in [2.45, 2.75) is 65.2 Å². The molecule has 4 nitrogen and oxygen atoms in total. The Morgan fingerprint density at radius 2 is 1.43 bits per heavy atom. The van der Waals surface area contributed by atoms with Gasteiger partial charge in [0.25, 0.3) is 5.91 Å². The summed E-state index contributed by atoms with van der Waals surface area (Å²) < 4.78 is 18.7. The Balaban J connectivity index is 1.68. The molecule has 0 bridgehead atoms. The number of amides is 1. The van der Waals surface area contributed by atoms with Crippen molar-refractivity contribution in [1.82, 2.24) is 5.43 Å². The topological polar surface area (TPSA) is 50.7 Å². The van der Waals surface area contributed by atoms with Crippen molar-refractivity contribution in [3.63, 3.8) is 0 Å². The fourth-order valence-electron chi connectivity index (χ4n) is 3.08. The first-order valence-corrected chi connectivity index (χ1v) is 10.9. The predicted octanol–water partition coefficient (Wildman–Crippen LogP) is 6.50. The summed E-state index contributed by atoms with van der Waals surface area (Å²) in [6.45, 7) is 4.69. The molecule has 2 aromatic rings. The number of nitrogens with one attached hydrogen (secondary N) is 1. The summed E-state index contributed by atoms with van der Waals surface area (Å²) in [5.41, 5.74) is 4.39. The van der Waals surface area contributed by atoms with Gasteiger partial charge in [-0.25, -0.2) is 9.82 Å². The van der Waals surface area contributed by atoms with Crippen molar-refractivity contribution in [3.05, 3.63) is 65.5 Å². The van der Waals surface area contributed by atoms with E-state index in [1.807, 2.05) is 0 Å². The molecular formula is C25H33FN2O2. The van der Waals surface area contributed by atoms with Crippen molar-refractivity contribution in [2.75, 3.05) is 6.61 Å². The van der Waals surface area contributed by atoms with E-state index in [0.717, 1.165) is 17.7 Å². The van der Waals surface area contributed by atoms with Gasteiger partial charge in [0, 0.05) is 5.56 Å². The minimum absolute atomic E-state index is 0.300. The molecule has 0 atom stereocenters. The summed E-state index contributed by atoms with van der Waals surface area (Å²) in [7, 11) is 0. The Kier molecular flexibility index (Phi) is 10.6. The van der Waals surface area contributed by atoms with Gasteiger partial charge in [-0.15, -0.1) is 0 Å². The van der Waals surface area contributed by atoms with E-state index in [0.29, 0.717) is 17.9 Å². The van der Waals surface area contributed by atoms with E-state index in [9.17, 15) is 9.18 Å². The van der Waals surface area contributed by atoms with Gasteiger partial charge in [-0.2, -0.15) is 5.10 Å². The molecule has 0 radical (unpaired) electrons. The molecule has 1 amide bonds. The second kappa shape index (κ2) is 13.5. The van der Waals surface area contributed by atoms with Gasteiger partial charge >= 0.3 is 0 Å². The molecule has 0 spiro atoms. The lowest BCUT2D eigenvalue weighted by molar-refractivity contribution is 0.0955. The van der Waals surface area contributed by atoms with Crippen molar-refractivity contribution in [3.8, 4) is 5.75 Å². The zero-order chi connectivity index (χ0) is 21.6. The largest absolute Gasteiger partial charge is 0.494 e. The number of hydrogen-bond acceptors (Lipinski definition) is 3. The van der Waals surface area contributed by atoms with E-state index in [-0.39, 0.29) is 11.7 Å². The number of ether oxygens (including phenoxy) is 1. The Morgan fingerprint density at radius 3 is 2.07 bits per heavy atom. The van der Waals surface area contributed by atoms with Gasteiger partial charge in [0.15, 0.2) is 0 Å². The number of halogens is 1. The lowest BCUT2D eigenvalue weighted by atomic mass is 10.1. The van der Waals surface area contributed by atoms with E-state index >= 15 is 0 Å². The van der Waals surface area contributed by atoms with Crippen LogP contribution in [0.2, 0.25) is 0 Å². The SMILES string of the molecule is CCCCCCCCCCOc1ccc(C(=O)NN=C(C)c2ccc(F)cc2)cc1. The van der Waals surface area contributed by atoms with Gasteiger partial charge in [-0.3, -0.25) is 4.79 Å². The molecule has 162 valence electrons. The van der Waals surface area contributed by atoms with Crippen LogP contribution < -0.4 is 10.2 Å². The number of nitrogens with zero attached hydrogens (tertiary/aromatic N) is 1. The van der Waals surface area contributed by atoms with Gasteiger partial charge in [-0.05, 0) is 55.3 Å². The second-order valence-corrected chi connectivity index (χ2v) is 7.49. The van der Waals surface area contributed by atoms with Gasteiger partial charge in [0.2, 0.25) is 0 Å². The number of benzene rings is 2. The molecule has 0 aliphatic heterocycles. The zero-order valence-corrected chi connectivity index (χ0v) is 18.1. The van der Waals surface area contributed by atoms with E-state index < -0.39 is 0 Å². The minimum Gasteiger partial charge on any atom is -0.494 e. The van der Waals surface area contributed by atoms with Crippen LogP contribution in [-0.4, -0.2) is 18.2 Å². The second-order valence-electron chi connectivity index (χ2n) is 7.49. The molecule has 1 N–H and O–H groups in total. The van der Waals surface area contributed by atoms with Crippen LogP contribution in [0, 0.1) is 5.82 Å². The third kappa shape index (κ3) is 8.76. The summed E-state index contributed by atoms with van der Waals surface area (Å²) in [6, 6.07) is 13.0. The number of hydrazone groups is 1. The molecule has 0 saturated carbocycles. The Morgan fingerprint density at radius 1 is 0.867 bits per heavy atom. The van der Waals surface area contributed by atoms with Crippen molar-refractivity contribution >= 4 is 11.6 Å². The third-order valence-corrected chi connectivity index (χ3v) is 4.97. The molecule has 0 unspecified atom stereocenters. The van der Waals surface area contributed by atoms with Gasteiger partial charge in [0.05, 0.1) is 12.3 Å². The van der Waals surface area contributed by atoms with Crippen LogP contribution in [0.15, 0.2) is 53.6 Å². The molecule has 0 heterocycles. The molecule has 0 fully saturated rings. The number of unbranched alkanes of at least 4 members (excludes halogenated alkanes) is 7. The van der Waals surface area contributed by atoms with E-state index in [4.69, 9.17) is 4.74 Å². The maximum Gasteiger partial charge on any atom is 0.271 e. The zero-order valence-electron chi connectivity index (χ0n) is 18.1. The quantitative estimate of drug-likeness (QED) is 0.232. The highest BCUT2D eigenvalue weighted by Crippen LogP contribution is 2.14. The summed E-state index contributed by atoms with van der Waals surface area (Å²) in [5.74, 6) is 0.159. The fourth-order valence-corrected chi connectivity index (χ4v) is 3.08. The van der Waals surface area contributed by atoms with Gasteiger partial charge < -0.3 is 4.74 Å². The number of rotatable bonds is 13. The van der Waals surface area contributed by atoms with Crippen LogP contribution in [-0.2, 0) is 0 Å². The highest BCUT2D eigenvalue weighted by molar-refractivity contribution is 6.00. The maximum atomic E-state index is 13.0. The molecule has 0 aliphatic carbocycles. The first kappa shape index (κ1) is 23.6. The van der Waals surface area contributed by atoms with E-state index in [2.05, 4.69) is 17.5 Å². The van der Waals surface area contributed by atoms with E-state index in [1.165, 1.54) is 57.1 Å². The van der Waals surface area contributed by atoms with Crippen LogP contribution in [0.3, 0.4) is 0 Å². The standard InChI is InChI=1S/C25H33FN2O2/c1-3-4-5-6-7-8-9-10-19-30-24-17-13-22(14-18-24)25(29)28-27-20(2)21-11-15-23(26)16-12-21/h11-18H,3-10,19H2,1-2H3,(H,28,29). The molecule has 0 aromatic heterocycles. The summed E-state index contributed by atoms with van der Waals surface area (Å²) in [6.07, 6.45) is 10.1. The summed E-state index contributed by atoms with van der Waals surface area (Å²) in [5, 5.41) is 4.09. The maximum absolute atomic E-state index is 13.0. The Labute approximate surface area is 179 Å². The van der Waals surface area contributed by atoms with Crippen LogP contribution in [0.4, 0.5) is 4.39 Å². The minimum atomic E-state index is -0.305. The lowest BCUT2D eigenvalue weighted by Crippen LogP contribution is -2.19. The third-order valence-electron chi connectivity index (χ3n) is 4.97. The van der Waals surface area contributed by atoms with Crippen molar-refractivity contribution in [1.29, 1.82) is 0 Å². The molecule has 2 rings (SSSR count). The lowest BCUT2D eigenvalue weighted by Gasteiger charge is -2.07. The van der Waals surface area contributed by atoms with Crippen LogP contribution in [0.1, 0.15) is 81.1 Å². The van der Waals surface area contributed by atoms with Crippen molar-refractivity contribution < 1.29 is 13.9 Å². The highest BCUT2D eigenvalue weighted by Gasteiger charge is 2.06. The average Bonchev–Trinajstić information content (AvgIpc) is 2.77. The smallest absolute Gasteiger partial charge is 0.271 e. The number of carbonyl (C=O) groups is 1. The highest BCUT2D eigenvalue weighted by atomic mass is 19.1. The molecule has 5 heteroatoms. The normalized spacial score (nSPS) is 11.4. The number of hydrogen-bond donors (Lipinski definition) is 1. The van der Waals surface area contributed by atoms with Gasteiger partial charge in [-0.1, -0.05) is 64.0 Å². The molecule has 0 aliphatic rings. The van der Waals surface area contributed by atoms with Crippen LogP contribution in [0.5, 0.6) is 5.75 Å². The molecule has 0 saturated heterocycles. The summed E-state index contributed by atoms with van der Waals surface area (Å²) >= 11 is 0. The van der Waals surface area contributed by atoms with Crippen molar-refractivity contribution in [2.24, 2.45) is 5.10 Å². The first-order valence-electron chi connectivity index (χ1n) is 10.9. The summed E-state index contributed by atoms with van der Waals surface area (Å²) in [4.78, 5) is 12.3. The first-order chi connectivity index (χ1) is 14.6. The Bertz CT molecular complexity index is 786. The molecule has 2 aromatic carbocycles. The monoisotopic (exact) mass is 412 g/mol. The number of carbonyl (C=O) groups excluding carboxylic acids is 1. The molecular weight excluding hydrogens is 379 g/mol. The van der Waals surface area contributed by atoms with Crippen LogP contribution in [0.25, 0.3) is 0 Å². The fraction of sp³-hybridized carbons (Fsp3) is 0.440. The van der Waals surface area contributed by atoms with Gasteiger partial charge in [0.1, 0.15) is 11.6 Å². The Hall–Kier alpha value is -2.69. The van der Waals surface area contributed by atoms with Crippen LogP contribution >= 0.6 is 0 Å². The predicted molar refractivity (Wildman–Crippen MR) is 121 cm³/mol. The van der Waals surface area contributed by atoms with E-state index in [1.54, 1.807) is 43.3 Å². The average molecular weight is 413 g/mol.